The topological polar surface area (TPSA) is 84.0 Å². The summed E-state index contributed by atoms with van der Waals surface area (Å²) in [4.78, 5) is 20.2. The first-order valence-electron chi connectivity index (χ1n) is 10.8. The van der Waals surface area contributed by atoms with Gasteiger partial charge in [-0.05, 0) is 61.7 Å². The fourth-order valence-electron chi connectivity index (χ4n) is 4.72. The van der Waals surface area contributed by atoms with Crippen LogP contribution in [0.1, 0.15) is 55.3 Å². The van der Waals surface area contributed by atoms with Gasteiger partial charge in [0.15, 0.2) is 10.8 Å². The standard InChI is InChI=1S/C24H20F3N5OS/c25-24(26,27)19-13-18(15-30-20(19)14-29)31-21(33)23(10-2-3-11-23)32(22(31)34)17-8-6-16(7-9-17)5-1-4-12-28/h6-9,13,15H,1-5,10-11H2. The number of hydrogen-bond donors (Lipinski definition) is 0. The molecule has 1 amide bonds. The molecule has 2 aromatic rings. The van der Waals surface area contributed by atoms with Crippen LogP contribution in [0.4, 0.5) is 24.5 Å². The van der Waals surface area contributed by atoms with Crippen molar-refractivity contribution in [3.8, 4) is 12.1 Å². The lowest BCUT2D eigenvalue weighted by molar-refractivity contribution is -0.138. The molecule has 0 N–H and O–H groups in total. The van der Waals surface area contributed by atoms with Crippen LogP contribution in [0.5, 0.6) is 0 Å². The number of carbonyl (C=O) groups is 1. The Morgan fingerprint density at radius 1 is 1.12 bits per heavy atom. The Morgan fingerprint density at radius 2 is 1.79 bits per heavy atom. The average Bonchev–Trinajstić information content (AvgIpc) is 3.37. The molecule has 2 fully saturated rings. The van der Waals surface area contributed by atoms with Crippen molar-refractivity contribution in [2.45, 2.75) is 56.7 Å². The number of hydrogen-bond acceptors (Lipinski definition) is 5. The van der Waals surface area contributed by atoms with Crippen LogP contribution in [0.3, 0.4) is 0 Å². The lowest BCUT2D eigenvalue weighted by Gasteiger charge is -2.32. The minimum absolute atomic E-state index is 0.0868. The number of amides is 1. The van der Waals surface area contributed by atoms with E-state index in [0.717, 1.165) is 48.4 Å². The summed E-state index contributed by atoms with van der Waals surface area (Å²) in [6, 6.07) is 11.9. The summed E-state index contributed by atoms with van der Waals surface area (Å²) in [6.07, 6.45) is 0.877. The first-order valence-corrected chi connectivity index (χ1v) is 11.3. The molecule has 10 heteroatoms. The number of aromatic nitrogens is 1. The highest BCUT2D eigenvalue weighted by atomic mass is 32.1. The number of nitriles is 2. The summed E-state index contributed by atoms with van der Waals surface area (Å²) in [5.41, 5.74) is -1.31. The monoisotopic (exact) mass is 483 g/mol. The number of aryl methyl sites for hydroxylation is 1. The fourth-order valence-corrected chi connectivity index (χ4v) is 5.19. The van der Waals surface area contributed by atoms with Crippen molar-refractivity contribution < 1.29 is 18.0 Å². The van der Waals surface area contributed by atoms with Gasteiger partial charge in [-0.2, -0.15) is 23.7 Å². The third kappa shape index (κ3) is 3.99. The van der Waals surface area contributed by atoms with Gasteiger partial charge in [0, 0.05) is 12.1 Å². The molecule has 0 atom stereocenters. The van der Waals surface area contributed by atoms with E-state index in [9.17, 15) is 18.0 Å². The zero-order valence-corrected chi connectivity index (χ0v) is 18.9. The van der Waals surface area contributed by atoms with E-state index in [0.29, 0.717) is 24.9 Å². The molecule has 1 aliphatic heterocycles. The normalized spacial score (nSPS) is 17.3. The van der Waals surface area contributed by atoms with E-state index in [2.05, 4.69) is 11.1 Å². The Morgan fingerprint density at radius 3 is 2.38 bits per heavy atom. The number of alkyl halides is 3. The van der Waals surface area contributed by atoms with Crippen molar-refractivity contribution in [1.82, 2.24) is 4.98 Å². The maximum Gasteiger partial charge on any atom is 0.419 e. The summed E-state index contributed by atoms with van der Waals surface area (Å²) < 4.78 is 40.6. The number of carbonyl (C=O) groups excluding carboxylic acids is 1. The minimum atomic E-state index is -4.80. The Kier molecular flexibility index (Phi) is 6.28. The number of thiocarbonyl (C=S) groups is 1. The lowest BCUT2D eigenvalue weighted by Crippen LogP contribution is -2.47. The third-order valence-electron chi connectivity index (χ3n) is 6.33. The lowest BCUT2D eigenvalue weighted by atomic mass is 9.94. The maximum atomic E-state index is 13.7. The molecule has 2 aliphatic rings. The predicted molar refractivity (Wildman–Crippen MR) is 123 cm³/mol. The largest absolute Gasteiger partial charge is 0.419 e. The van der Waals surface area contributed by atoms with Crippen molar-refractivity contribution >= 4 is 34.6 Å². The predicted octanol–water partition coefficient (Wildman–Crippen LogP) is 5.27. The van der Waals surface area contributed by atoms with Gasteiger partial charge in [0.05, 0.1) is 23.5 Å². The van der Waals surface area contributed by atoms with Crippen LogP contribution in [0, 0.1) is 22.7 Å². The molecular weight excluding hydrogens is 463 g/mol. The van der Waals surface area contributed by atoms with Crippen LogP contribution in [0.15, 0.2) is 36.5 Å². The second kappa shape index (κ2) is 9.03. The molecule has 2 heterocycles. The average molecular weight is 484 g/mol. The minimum Gasteiger partial charge on any atom is -0.303 e. The molecule has 174 valence electrons. The smallest absolute Gasteiger partial charge is 0.303 e. The number of unbranched alkanes of at least 4 members (excludes halogenated alkanes) is 1. The van der Waals surface area contributed by atoms with Gasteiger partial charge in [0.2, 0.25) is 0 Å². The van der Waals surface area contributed by atoms with Crippen LogP contribution in [-0.2, 0) is 17.4 Å². The Labute approximate surface area is 200 Å². The van der Waals surface area contributed by atoms with Gasteiger partial charge < -0.3 is 4.90 Å². The molecule has 0 unspecified atom stereocenters. The Balaban J connectivity index is 1.73. The summed E-state index contributed by atoms with van der Waals surface area (Å²) in [5, 5.41) is 17.9. The van der Waals surface area contributed by atoms with Crippen molar-refractivity contribution in [1.29, 1.82) is 10.5 Å². The van der Waals surface area contributed by atoms with E-state index in [1.807, 2.05) is 24.3 Å². The van der Waals surface area contributed by atoms with E-state index >= 15 is 0 Å². The number of rotatable bonds is 5. The van der Waals surface area contributed by atoms with Crippen LogP contribution in [-0.4, -0.2) is 21.5 Å². The van der Waals surface area contributed by atoms with Crippen molar-refractivity contribution in [3.63, 3.8) is 0 Å². The second-order valence-electron chi connectivity index (χ2n) is 8.37. The van der Waals surface area contributed by atoms with Gasteiger partial charge in [0.25, 0.3) is 5.91 Å². The maximum absolute atomic E-state index is 13.7. The van der Waals surface area contributed by atoms with E-state index in [1.165, 1.54) is 6.07 Å². The number of benzene rings is 1. The van der Waals surface area contributed by atoms with E-state index in [1.54, 1.807) is 4.90 Å². The van der Waals surface area contributed by atoms with Crippen LogP contribution < -0.4 is 9.80 Å². The Bertz CT molecular complexity index is 1210. The summed E-state index contributed by atoms with van der Waals surface area (Å²) in [6.45, 7) is 0. The molecular formula is C24H20F3N5OS. The van der Waals surface area contributed by atoms with Crippen molar-refractivity contribution in [3.05, 3.63) is 53.3 Å². The zero-order chi connectivity index (χ0) is 24.5. The van der Waals surface area contributed by atoms with Crippen molar-refractivity contribution in [2.24, 2.45) is 0 Å². The first-order chi connectivity index (χ1) is 16.2. The molecule has 6 nitrogen and oxygen atoms in total. The summed E-state index contributed by atoms with van der Waals surface area (Å²) in [5.74, 6) is -0.382. The fraction of sp³-hybridized carbons (Fsp3) is 0.375. The van der Waals surface area contributed by atoms with E-state index in [-0.39, 0.29) is 16.7 Å². The highest BCUT2D eigenvalue weighted by molar-refractivity contribution is 7.81. The molecule has 1 saturated carbocycles. The second-order valence-corrected chi connectivity index (χ2v) is 8.74. The number of anilines is 2. The summed E-state index contributed by atoms with van der Waals surface area (Å²) in [7, 11) is 0. The first kappa shape index (κ1) is 23.7. The molecule has 1 aromatic carbocycles. The molecule has 0 radical (unpaired) electrons. The molecule has 1 saturated heterocycles. The van der Waals surface area contributed by atoms with Gasteiger partial charge in [0.1, 0.15) is 11.6 Å². The number of halogens is 3. The van der Waals surface area contributed by atoms with Gasteiger partial charge in [-0.25, -0.2) is 4.98 Å². The Hall–Kier alpha value is -3.50. The number of pyridine rings is 1. The number of nitrogens with zero attached hydrogens (tertiary/aromatic N) is 5. The highest BCUT2D eigenvalue weighted by Crippen LogP contribution is 2.46. The van der Waals surface area contributed by atoms with Crippen LogP contribution in [0.25, 0.3) is 0 Å². The van der Waals surface area contributed by atoms with E-state index in [4.69, 9.17) is 22.7 Å². The molecule has 1 aliphatic carbocycles. The van der Waals surface area contributed by atoms with Gasteiger partial charge in [-0.15, -0.1) is 0 Å². The summed E-state index contributed by atoms with van der Waals surface area (Å²) >= 11 is 5.65. The zero-order valence-electron chi connectivity index (χ0n) is 18.1. The molecule has 1 aromatic heterocycles. The quantitative estimate of drug-likeness (QED) is 0.426. The van der Waals surface area contributed by atoms with Gasteiger partial charge in [-0.1, -0.05) is 25.0 Å². The SMILES string of the molecule is N#CCCCc1ccc(N2C(=S)N(c3cnc(C#N)c(C(F)(F)F)c3)C(=O)C23CCCC3)cc1. The van der Waals surface area contributed by atoms with Crippen LogP contribution in [0.2, 0.25) is 0 Å². The van der Waals surface area contributed by atoms with Gasteiger partial charge in [-0.3, -0.25) is 9.69 Å². The highest BCUT2D eigenvalue weighted by Gasteiger charge is 2.57. The molecule has 0 bridgehead atoms. The van der Waals surface area contributed by atoms with Crippen LogP contribution >= 0.6 is 12.2 Å². The molecule has 1 spiro atoms. The molecule has 4 rings (SSSR count). The van der Waals surface area contributed by atoms with E-state index < -0.39 is 23.0 Å². The van der Waals surface area contributed by atoms with Crippen molar-refractivity contribution in [2.75, 3.05) is 9.80 Å². The third-order valence-corrected chi connectivity index (χ3v) is 6.70. The molecule has 34 heavy (non-hydrogen) atoms. The van der Waals surface area contributed by atoms with Gasteiger partial charge >= 0.3 is 6.18 Å².